The molecule has 0 fully saturated rings. The molecule has 1 aromatic carbocycles. The van der Waals surface area contributed by atoms with Gasteiger partial charge < -0.3 is 14.2 Å². The number of fused-ring (bicyclic) bond motifs is 1. The first kappa shape index (κ1) is 28.8. The zero-order chi connectivity index (χ0) is 27.3. The highest BCUT2D eigenvalue weighted by Crippen LogP contribution is 2.21. The van der Waals surface area contributed by atoms with E-state index in [4.69, 9.17) is 4.42 Å². The number of nitrogens with one attached hydrogen (secondary N) is 1. The number of thiazole rings is 1. The Morgan fingerprint density at radius 3 is 2.38 bits per heavy atom. The van der Waals surface area contributed by atoms with Gasteiger partial charge in [-0.2, -0.15) is 4.72 Å². The summed E-state index contributed by atoms with van der Waals surface area (Å²) in [6.07, 6.45) is 1.17. The van der Waals surface area contributed by atoms with E-state index in [0.717, 1.165) is 10.7 Å². The van der Waals surface area contributed by atoms with Gasteiger partial charge in [0.15, 0.2) is 0 Å². The lowest BCUT2D eigenvalue weighted by Gasteiger charge is -2.31. The molecule has 1 atom stereocenters. The van der Waals surface area contributed by atoms with Gasteiger partial charge in [0.05, 0.1) is 34.8 Å². The van der Waals surface area contributed by atoms with Gasteiger partial charge >= 0.3 is 0 Å². The van der Waals surface area contributed by atoms with Crippen molar-refractivity contribution < 1.29 is 22.4 Å². The lowest BCUT2D eigenvalue weighted by Crippen LogP contribution is -2.52. The van der Waals surface area contributed by atoms with Crippen molar-refractivity contribution in [1.29, 1.82) is 0 Å². The van der Waals surface area contributed by atoms with Crippen molar-refractivity contribution in [2.24, 2.45) is 11.8 Å². The molecule has 1 N–H and O–H groups in total. The fourth-order valence-electron chi connectivity index (χ4n) is 4.05. The van der Waals surface area contributed by atoms with Crippen LogP contribution in [-0.2, 0) is 26.2 Å². The fraction of sp³-hybridized carbons (Fsp3) is 0.500. The molecule has 2 aromatic heterocycles. The molecule has 202 valence electrons. The quantitative estimate of drug-likeness (QED) is 0.366. The van der Waals surface area contributed by atoms with Gasteiger partial charge in [-0.3, -0.25) is 9.59 Å². The van der Waals surface area contributed by atoms with Crippen molar-refractivity contribution in [3.63, 3.8) is 0 Å². The molecule has 0 aliphatic heterocycles. The Kier molecular flexibility index (Phi) is 9.49. The summed E-state index contributed by atoms with van der Waals surface area (Å²) in [5.41, 5.74) is 1.30. The first-order valence-corrected chi connectivity index (χ1v) is 14.6. The van der Waals surface area contributed by atoms with Crippen molar-refractivity contribution in [1.82, 2.24) is 19.5 Å². The summed E-state index contributed by atoms with van der Waals surface area (Å²) < 4.78 is 34.6. The zero-order valence-corrected chi connectivity index (χ0v) is 23.9. The maximum Gasteiger partial charge on any atom is 0.241 e. The van der Waals surface area contributed by atoms with Crippen LogP contribution in [0.25, 0.3) is 11.0 Å². The summed E-state index contributed by atoms with van der Waals surface area (Å²) >= 11 is 1.49. The Bertz CT molecular complexity index is 1320. The molecule has 9 nitrogen and oxygen atoms in total. The van der Waals surface area contributed by atoms with Crippen molar-refractivity contribution in [3.8, 4) is 0 Å². The van der Waals surface area contributed by atoms with Crippen molar-refractivity contribution in [3.05, 3.63) is 46.6 Å². The van der Waals surface area contributed by atoms with Gasteiger partial charge in [0.2, 0.25) is 21.8 Å². The number of furan rings is 1. The number of sulfonamides is 1. The predicted molar refractivity (Wildman–Crippen MR) is 145 cm³/mol. The highest BCUT2D eigenvalue weighted by molar-refractivity contribution is 7.89. The Morgan fingerprint density at radius 1 is 1.11 bits per heavy atom. The van der Waals surface area contributed by atoms with Gasteiger partial charge in [-0.15, -0.1) is 11.3 Å². The average Bonchev–Trinajstić information content (AvgIpc) is 3.44. The maximum absolute atomic E-state index is 13.7. The number of carbonyl (C=O) groups is 2. The molecular weight excluding hydrogens is 512 g/mol. The lowest BCUT2D eigenvalue weighted by molar-refractivity contribution is -0.139. The van der Waals surface area contributed by atoms with Crippen LogP contribution in [0.2, 0.25) is 0 Å². The van der Waals surface area contributed by atoms with Crippen LogP contribution in [0.3, 0.4) is 0 Å². The number of amides is 2. The van der Waals surface area contributed by atoms with Gasteiger partial charge in [-0.1, -0.05) is 27.7 Å². The number of hydrogen-bond acceptors (Lipinski definition) is 7. The van der Waals surface area contributed by atoms with Gasteiger partial charge in [-0.05, 0) is 43.0 Å². The molecule has 0 bridgehead atoms. The number of carbonyl (C=O) groups excluding carboxylic acids is 2. The monoisotopic (exact) mass is 548 g/mol. The predicted octanol–water partition coefficient (Wildman–Crippen LogP) is 4.03. The average molecular weight is 549 g/mol. The SMILES string of the molecule is Cc1nc(CN(C)C(=O)C[C@H](NS(=O)(=O)c2ccc3occc3c2)C(=O)N(CC(C)C)CC(C)C)cs1. The topological polar surface area (TPSA) is 113 Å². The van der Waals surface area contributed by atoms with Gasteiger partial charge in [0.25, 0.3) is 0 Å². The van der Waals surface area contributed by atoms with E-state index in [1.165, 1.54) is 34.6 Å². The Morgan fingerprint density at radius 2 is 1.78 bits per heavy atom. The molecule has 2 heterocycles. The number of aromatic nitrogens is 1. The zero-order valence-electron chi connectivity index (χ0n) is 22.2. The minimum absolute atomic E-state index is 0.00257. The molecule has 0 aliphatic rings. The number of hydrogen-bond donors (Lipinski definition) is 1. The Labute approximate surface area is 222 Å². The second-order valence-corrected chi connectivity index (χ2v) is 12.9. The van der Waals surface area contributed by atoms with Crippen molar-refractivity contribution >= 4 is 44.1 Å². The standard InChI is InChI=1S/C26H36N4O5S2/c1-17(2)13-30(14-18(3)4)26(32)23(12-25(31)29(6)15-21-16-36-19(5)27-21)28-37(33,34)22-7-8-24-20(11-22)9-10-35-24/h7-11,16-18,23,28H,12-15H2,1-6H3/t23-/m0/s1. The van der Waals surface area contributed by atoms with E-state index in [1.807, 2.05) is 40.0 Å². The van der Waals surface area contributed by atoms with E-state index in [1.54, 1.807) is 24.1 Å². The molecule has 37 heavy (non-hydrogen) atoms. The first-order chi connectivity index (χ1) is 17.4. The van der Waals surface area contributed by atoms with Gasteiger partial charge in [0, 0.05) is 30.9 Å². The third-order valence-electron chi connectivity index (χ3n) is 5.68. The molecule has 3 rings (SSSR count). The molecule has 0 unspecified atom stereocenters. The van der Waals surface area contributed by atoms with Crippen LogP contribution >= 0.6 is 11.3 Å². The summed E-state index contributed by atoms with van der Waals surface area (Å²) in [6, 6.07) is 4.90. The number of benzene rings is 1. The van der Waals surface area contributed by atoms with Crippen LogP contribution in [0.15, 0.2) is 45.2 Å². The maximum atomic E-state index is 13.7. The molecule has 0 saturated heterocycles. The Balaban J connectivity index is 1.88. The van der Waals surface area contributed by atoms with E-state index < -0.39 is 22.0 Å². The molecular formula is C26H36N4O5S2. The second-order valence-electron chi connectivity index (χ2n) is 10.1. The van der Waals surface area contributed by atoms with Crippen LogP contribution in [0, 0.1) is 18.8 Å². The largest absolute Gasteiger partial charge is 0.464 e. The van der Waals surface area contributed by atoms with Gasteiger partial charge in [-0.25, -0.2) is 13.4 Å². The van der Waals surface area contributed by atoms with E-state index in [2.05, 4.69) is 9.71 Å². The number of aryl methyl sites for hydroxylation is 1. The third kappa shape index (κ3) is 7.86. The van der Waals surface area contributed by atoms with E-state index in [9.17, 15) is 18.0 Å². The molecule has 0 saturated carbocycles. The third-order valence-corrected chi connectivity index (χ3v) is 7.97. The summed E-state index contributed by atoms with van der Waals surface area (Å²) in [5, 5.41) is 3.40. The highest BCUT2D eigenvalue weighted by atomic mass is 32.2. The van der Waals surface area contributed by atoms with Crippen LogP contribution < -0.4 is 4.72 Å². The Hall–Kier alpha value is -2.76. The number of rotatable bonds is 12. The smallest absolute Gasteiger partial charge is 0.241 e. The van der Waals surface area contributed by atoms with E-state index in [0.29, 0.717) is 24.1 Å². The molecule has 3 aromatic rings. The van der Waals surface area contributed by atoms with Crippen LogP contribution in [0.4, 0.5) is 0 Å². The van der Waals surface area contributed by atoms with Gasteiger partial charge in [0.1, 0.15) is 11.6 Å². The lowest BCUT2D eigenvalue weighted by atomic mass is 10.1. The summed E-state index contributed by atoms with van der Waals surface area (Å²) in [6.45, 7) is 11.1. The molecule has 0 aliphatic carbocycles. The minimum atomic E-state index is -4.11. The van der Waals surface area contributed by atoms with Crippen LogP contribution in [0.1, 0.15) is 44.8 Å². The minimum Gasteiger partial charge on any atom is -0.464 e. The fourth-order valence-corrected chi connectivity index (χ4v) is 5.87. The molecule has 0 spiro atoms. The summed E-state index contributed by atoms with van der Waals surface area (Å²) in [7, 11) is -2.49. The normalized spacial score (nSPS) is 12.9. The molecule has 2 amide bonds. The van der Waals surface area contributed by atoms with E-state index in [-0.39, 0.29) is 35.6 Å². The molecule has 11 heteroatoms. The van der Waals surface area contributed by atoms with Crippen molar-refractivity contribution in [2.75, 3.05) is 20.1 Å². The van der Waals surface area contributed by atoms with Crippen LogP contribution in [0.5, 0.6) is 0 Å². The molecule has 0 radical (unpaired) electrons. The summed E-state index contributed by atoms with van der Waals surface area (Å²) in [4.78, 5) is 34.4. The second kappa shape index (κ2) is 12.2. The van der Waals surface area contributed by atoms with Crippen LogP contribution in [-0.4, -0.2) is 61.2 Å². The highest BCUT2D eigenvalue weighted by Gasteiger charge is 2.33. The number of nitrogens with zero attached hydrogens (tertiary/aromatic N) is 3. The summed E-state index contributed by atoms with van der Waals surface area (Å²) in [5.74, 6) is -0.419. The van der Waals surface area contributed by atoms with E-state index >= 15 is 0 Å². The first-order valence-electron chi connectivity index (χ1n) is 12.3. The van der Waals surface area contributed by atoms with Crippen molar-refractivity contribution in [2.45, 2.75) is 58.5 Å².